The number of hydrogen-bond acceptors (Lipinski definition) is 9. The Hall–Kier alpha value is -4.21. The van der Waals surface area contributed by atoms with Crippen molar-refractivity contribution < 1.29 is 19.1 Å². The second kappa shape index (κ2) is 13.4. The molecule has 0 aliphatic heterocycles. The van der Waals surface area contributed by atoms with Crippen molar-refractivity contribution in [1.29, 1.82) is 0 Å². The summed E-state index contributed by atoms with van der Waals surface area (Å²) in [6.45, 7) is 5.13. The van der Waals surface area contributed by atoms with E-state index in [4.69, 9.17) is 14.5 Å². The van der Waals surface area contributed by atoms with E-state index in [1.807, 2.05) is 23.5 Å². The van der Waals surface area contributed by atoms with E-state index in [0.29, 0.717) is 47.2 Å². The number of aryl methyl sites for hydroxylation is 2. The molecule has 0 radical (unpaired) electrons. The van der Waals surface area contributed by atoms with Crippen LogP contribution in [0.2, 0.25) is 0 Å². The summed E-state index contributed by atoms with van der Waals surface area (Å²) in [5, 5.41) is 2.18. The molecule has 0 unspecified atom stereocenters. The molecule has 5 heterocycles. The Kier molecular flexibility index (Phi) is 9.28. The predicted molar refractivity (Wildman–Crippen MR) is 163 cm³/mol. The van der Waals surface area contributed by atoms with E-state index >= 15 is 0 Å². The van der Waals surface area contributed by atoms with Crippen molar-refractivity contribution in [3.63, 3.8) is 0 Å². The monoisotopic (exact) mass is 583 g/mol. The molecule has 0 bridgehead atoms. The van der Waals surface area contributed by atoms with Crippen LogP contribution in [0.3, 0.4) is 0 Å². The Morgan fingerprint density at radius 3 is 2.24 bits per heavy atom. The number of pyridine rings is 3. The molecule has 5 rings (SSSR count). The van der Waals surface area contributed by atoms with Gasteiger partial charge >= 0.3 is 0 Å². The van der Waals surface area contributed by atoms with E-state index in [9.17, 15) is 9.59 Å². The van der Waals surface area contributed by atoms with E-state index in [1.165, 1.54) is 52.1 Å². The van der Waals surface area contributed by atoms with E-state index in [0.717, 1.165) is 17.5 Å². The van der Waals surface area contributed by atoms with Crippen LogP contribution in [0.5, 0.6) is 11.5 Å². The molecule has 0 atom stereocenters. The highest BCUT2D eigenvalue weighted by molar-refractivity contribution is 7.21. The predicted octanol–water partition coefficient (Wildman–Crippen LogP) is 8.16. The lowest BCUT2D eigenvalue weighted by atomic mass is 10.0. The quantitative estimate of drug-likeness (QED) is 0.102. The summed E-state index contributed by atoms with van der Waals surface area (Å²) in [5.41, 5.74) is 5.60. The zero-order valence-corrected chi connectivity index (χ0v) is 24.5. The first-order valence-electron chi connectivity index (χ1n) is 13.4. The van der Waals surface area contributed by atoms with Gasteiger partial charge in [-0.2, -0.15) is 0 Å². The summed E-state index contributed by atoms with van der Waals surface area (Å²) in [6.07, 6.45) is 9.38. The summed E-state index contributed by atoms with van der Waals surface area (Å²) in [5.74, 6) is 0.626. The maximum absolute atomic E-state index is 11.1. The molecule has 0 saturated carbocycles. The molecule has 0 amide bonds. The minimum absolute atomic E-state index is 0.299. The maximum Gasteiger partial charge on any atom is 0.298 e. The van der Waals surface area contributed by atoms with Gasteiger partial charge in [-0.15, -0.1) is 22.7 Å². The summed E-state index contributed by atoms with van der Waals surface area (Å²) >= 11 is 3.62. The second-order valence-corrected chi connectivity index (χ2v) is 11.7. The number of carbonyl (C=O) groups is 2. The summed E-state index contributed by atoms with van der Waals surface area (Å²) < 4.78 is 10.1. The highest BCUT2D eigenvalue weighted by Crippen LogP contribution is 2.40. The summed E-state index contributed by atoms with van der Waals surface area (Å²) in [7, 11) is 0. The third-order valence-corrected chi connectivity index (χ3v) is 8.77. The van der Waals surface area contributed by atoms with Gasteiger partial charge in [-0.3, -0.25) is 19.6 Å². The van der Waals surface area contributed by atoms with Gasteiger partial charge in [0.25, 0.3) is 12.9 Å². The Morgan fingerprint density at radius 1 is 0.780 bits per heavy atom. The second-order valence-electron chi connectivity index (χ2n) is 9.53. The van der Waals surface area contributed by atoms with Crippen LogP contribution in [0.1, 0.15) is 43.0 Å². The van der Waals surface area contributed by atoms with E-state index < -0.39 is 0 Å². The highest BCUT2D eigenvalue weighted by Gasteiger charge is 2.15. The third-order valence-electron chi connectivity index (χ3n) is 6.57. The fourth-order valence-electron chi connectivity index (χ4n) is 4.63. The van der Waals surface area contributed by atoms with Gasteiger partial charge in [0.2, 0.25) is 0 Å². The fraction of sp³-hybridized carbons (Fsp3) is 0.219. The van der Waals surface area contributed by atoms with Gasteiger partial charge in [0, 0.05) is 45.2 Å². The molecule has 5 aromatic rings. The molecule has 9 heteroatoms. The molecule has 208 valence electrons. The van der Waals surface area contributed by atoms with Crippen LogP contribution in [0.15, 0.2) is 66.3 Å². The van der Waals surface area contributed by atoms with Crippen molar-refractivity contribution in [2.45, 2.75) is 46.0 Å². The lowest BCUT2D eigenvalue weighted by Gasteiger charge is -2.09. The Labute approximate surface area is 246 Å². The van der Waals surface area contributed by atoms with Crippen molar-refractivity contribution >= 4 is 35.6 Å². The molecule has 0 spiro atoms. The molecule has 0 aliphatic carbocycles. The molecule has 0 aromatic carbocycles. The van der Waals surface area contributed by atoms with Gasteiger partial charge in [-0.25, -0.2) is 4.98 Å². The van der Waals surface area contributed by atoms with Gasteiger partial charge in [-0.05, 0) is 72.2 Å². The van der Waals surface area contributed by atoms with Crippen LogP contribution in [-0.4, -0.2) is 27.9 Å². The molecule has 41 heavy (non-hydrogen) atoms. The lowest BCUT2D eigenvalue weighted by Crippen LogP contribution is -1.97. The van der Waals surface area contributed by atoms with Crippen molar-refractivity contribution in [3.05, 3.63) is 76.7 Å². The van der Waals surface area contributed by atoms with Crippen molar-refractivity contribution in [1.82, 2.24) is 15.0 Å². The first kappa shape index (κ1) is 28.3. The van der Waals surface area contributed by atoms with Crippen LogP contribution in [0, 0.1) is 6.92 Å². The number of unbranched alkanes of at least 4 members (excludes halogenated alkanes) is 3. The Morgan fingerprint density at radius 2 is 1.49 bits per heavy atom. The number of rotatable bonds is 13. The first-order valence-corrected chi connectivity index (χ1v) is 15.1. The largest absolute Gasteiger partial charge is 0.429 e. The standard InChI is InChI=1S/C32H29N3O4S2/c1-3-4-5-6-7-23-12-21(2)41-32(23)31-14-24(18-40-31)22-8-10-33-27(13-22)29-16-26(39-20-37)17-30(35-29)28-15-25(38-19-36)9-11-34-28/h8-20H,3-7H2,1-2H3. The number of carbonyl (C=O) groups excluding carboxylic acids is 2. The minimum Gasteiger partial charge on any atom is -0.429 e. The van der Waals surface area contributed by atoms with Crippen LogP contribution < -0.4 is 9.47 Å². The zero-order valence-electron chi connectivity index (χ0n) is 22.8. The van der Waals surface area contributed by atoms with Crippen LogP contribution in [0.25, 0.3) is 43.7 Å². The first-order chi connectivity index (χ1) is 20.1. The van der Waals surface area contributed by atoms with Crippen molar-refractivity contribution in [3.8, 4) is 55.2 Å². The van der Waals surface area contributed by atoms with Gasteiger partial charge in [0.05, 0.1) is 22.8 Å². The van der Waals surface area contributed by atoms with E-state index in [-0.39, 0.29) is 0 Å². The molecular weight excluding hydrogens is 555 g/mol. The van der Waals surface area contributed by atoms with E-state index in [1.54, 1.807) is 41.8 Å². The number of aromatic nitrogens is 3. The van der Waals surface area contributed by atoms with Crippen LogP contribution in [0.4, 0.5) is 0 Å². The molecular formula is C32H29N3O4S2. The lowest BCUT2D eigenvalue weighted by molar-refractivity contribution is -0.121. The SMILES string of the molecule is CCCCCCc1cc(C)sc1-c1cc(-c2ccnc(-c3cc(OC=O)cc(-c4cc(OC=O)ccn4)n3)c2)cs1. The normalized spacial score (nSPS) is 10.9. The Balaban J connectivity index is 1.45. The maximum atomic E-state index is 11.1. The van der Waals surface area contributed by atoms with Gasteiger partial charge in [-0.1, -0.05) is 26.2 Å². The molecule has 0 N–H and O–H groups in total. The van der Waals surface area contributed by atoms with Crippen molar-refractivity contribution in [2.75, 3.05) is 0 Å². The third kappa shape index (κ3) is 6.93. The average molecular weight is 584 g/mol. The Bertz CT molecular complexity index is 1660. The van der Waals surface area contributed by atoms with Crippen LogP contribution in [-0.2, 0) is 16.0 Å². The minimum atomic E-state index is 0.299. The number of hydrogen-bond donors (Lipinski definition) is 0. The highest BCUT2D eigenvalue weighted by atomic mass is 32.1. The molecule has 7 nitrogen and oxygen atoms in total. The van der Waals surface area contributed by atoms with Gasteiger partial charge in [0.1, 0.15) is 11.5 Å². The van der Waals surface area contributed by atoms with Crippen molar-refractivity contribution in [2.24, 2.45) is 0 Å². The zero-order chi connectivity index (χ0) is 28.6. The fourth-order valence-corrected chi connectivity index (χ4v) is 6.77. The van der Waals surface area contributed by atoms with E-state index in [2.05, 4.69) is 41.3 Å². The van der Waals surface area contributed by atoms with Gasteiger partial charge in [0.15, 0.2) is 0 Å². The number of ether oxygens (including phenoxy) is 2. The van der Waals surface area contributed by atoms with Crippen LogP contribution >= 0.6 is 22.7 Å². The molecule has 0 aliphatic rings. The molecule has 5 aromatic heterocycles. The number of thiophene rings is 2. The number of nitrogens with zero attached hydrogens (tertiary/aromatic N) is 3. The topological polar surface area (TPSA) is 91.3 Å². The smallest absolute Gasteiger partial charge is 0.298 e. The summed E-state index contributed by atoms with van der Waals surface area (Å²) in [4.78, 5) is 39.5. The van der Waals surface area contributed by atoms with Gasteiger partial charge < -0.3 is 9.47 Å². The average Bonchev–Trinajstić information content (AvgIpc) is 3.62. The molecule has 0 fully saturated rings. The molecule has 0 saturated heterocycles. The summed E-state index contributed by atoms with van der Waals surface area (Å²) in [6, 6.07) is 15.0.